The van der Waals surface area contributed by atoms with E-state index in [0.29, 0.717) is 29.2 Å². The fourth-order valence-corrected chi connectivity index (χ4v) is 2.76. The molecule has 0 saturated heterocycles. The van der Waals surface area contributed by atoms with Crippen LogP contribution in [0, 0.1) is 0 Å². The molecule has 0 saturated carbocycles. The zero-order valence-electron chi connectivity index (χ0n) is 15.3. The summed E-state index contributed by atoms with van der Waals surface area (Å²) in [5.41, 5.74) is 2.61. The number of benzene rings is 2. The third-order valence-corrected chi connectivity index (χ3v) is 4.14. The molecule has 0 aliphatic rings. The van der Waals surface area contributed by atoms with Gasteiger partial charge in [-0.25, -0.2) is 4.98 Å². The van der Waals surface area contributed by atoms with Crippen LogP contribution in [0.15, 0.2) is 52.9 Å². The molecule has 27 heavy (non-hydrogen) atoms. The van der Waals surface area contributed by atoms with Gasteiger partial charge >= 0.3 is 0 Å². The molecule has 3 aromatic rings. The summed E-state index contributed by atoms with van der Waals surface area (Å²) >= 11 is 0. The van der Waals surface area contributed by atoms with Crippen molar-refractivity contribution in [2.24, 2.45) is 0 Å². The highest BCUT2D eigenvalue weighted by atomic mass is 16.5. The maximum atomic E-state index is 11.2. The molecular weight excluding hydrogens is 342 g/mol. The first-order valence-corrected chi connectivity index (χ1v) is 9.15. The van der Waals surface area contributed by atoms with Gasteiger partial charge in [0.05, 0.1) is 6.61 Å². The molecule has 5 nitrogen and oxygen atoms in total. The SMILES string of the molecule is CCCCCOc1ccc(/C=C(\CC(=O)[O-])c2nc3ccccc3o2)cc1. The first-order valence-electron chi connectivity index (χ1n) is 9.15. The minimum absolute atomic E-state index is 0.276. The molecule has 1 heterocycles. The van der Waals surface area contributed by atoms with E-state index < -0.39 is 5.97 Å². The van der Waals surface area contributed by atoms with Gasteiger partial charge in [0.2, 0.25) is 5.89 Å². The summed E-state index contributed by atoms with van der Waals surface area (Å²) in [6.07, 6.45) is 4.82. The van der Waals surface area contributed by atoms with Crippen molar-refractivity contribution in [3.8, 4) is 5.75 Å². The summed E-state index contributed by atoms with van der Waals surface area (Å²) < 4.78 is 11.4. The van der Waals surface area contributed by atoms with Crippen LogP contribution in [-0.4, -0.2) is 17.6 Å². The Morgan fingerprint density at radius 3 is 2.63 bits per heavy atom. The number of fused-ring (bicyclic) bond motifs is 1. The Morgan fingerprint density at radius 2 is 1.93 bits per heavy atom. The molecule has 0 unspecified atom stereocenters. The monoisotopic (exact) mass is 364 g/mol. The van der Waals surface area contributed by atoms with Crippen molar-refractivity contribution < 1.29 is 19.1 Å². The van der Waals surface area contributed by atoms with E-state index in [1.165, 1.54) is 0 Å². The number of oxazole rings is 1. The third-order valence-electron chi connectivity index (χ3n) is 4.14. The molecule has 0 fully saturated rings. The van der Waals surface area contributed by atoms with E-state index >= 15 is 0 Å². The lowest BCUT2D eigenvalue weighted by atomic mass is 10.1. The maximum absolute atomic E-state index is 11.2. The molecule has 0 N–H and O–H groups in total. The second-order valence-electron chi connectivity index (χ2n) is 6.33. The molecule has 0 spiro atoms. The van der Waals surface area contributed by atoms with Gasteiger partial charge in [0.1, 0.15) is 11.3 Å². The van der Waals surface area contributed by atoms with Crippen LogP contribution in [0.1, 0.15) is 44.1 Å². The van der Waals surface area contributed by atoms with Crippen molar-refractivity contribution in [3.63, 3.8) is 0 Å². The number of carboxylic acid groups (broad SMARTS) is 1. The number of aromatic nitrogens is 1. The summed E-state index contributed by atoms with van der Waals surface area (Å²) in [4.78, 5) is 15.6. The lowest BCUT2D eigenvalue weighted by Gasteiger charge is -2.07. The molecule has 2 aromatic carbocycles. The predicted octanol–water partition coefficient (Wildman–Crippen LogP) is 4.08. The van der Waals surface area contributed by atoms with Crippen LogP contribution < -0.4 is 9.84 Å². The van der Waals surface area contributed by atoms with Crippen LogP contribution >= 0.6 is 0 Å². The number of carboxylic acids is 1. The van der Waals surface area contributed by atoms with E-state index in [-0.39, 0.29) is 6.42 Å². The number of hydrogen-bond acceptors (Lipinski definition) is 5. The molecule has 0 radical (unpaired) electrons. The fraction of sp³-hybridized carbons (Fsp3) is 0.273. The average Bonchev–Trinajstić information content (AvgIpc) is 3.10. The predicted molar refractivity (Wildman–Crippen MR) is 103 cm³/mol. The van der Waals surface area contributed by atoms with Gasteiger partial charge in [-0.15, -0.1) is 0 Å². The van der Waals surface area contributed by atoms with E-state index in [9.17, 15) is 9.90 Å². The average molecular weight is 364 g/mol. The van der Waals surface area contributed by atoms with Crippen LogP contribution in [0.25, 0.3) is 22.7 Å². The van der Waals surface area contributed by atoms with E-state index in [1.807, 2.05) is 42.5 Å². The second kappa shape index (κ2) is 9.03. The quantitative estimate of drug-likeness (QED) is 0.535. The first-order chi connectivity index (χ1) is 13.2. The van der Waals surface area contributed by atoms with Crippen molar-refractivity contribution in [2.75, 3.05) is 6.61 Å². The molecule has 0 aliphatic heterocycles. The van der Waals surface area contributed by atoms with Gasteiger partial charge in [-0.2, -0.15) is 0 Å². The van der Waals surface area contributed by atoms with Crippen LogP contribution in [0.3, 0.4) is 0 Å². The zero-order valence-corrected chi connectivity index (χ0v) is 15.3. The largest absolute Gasteiger partial charge is 0.550 e. The molecule has 0 aliphatic carbocycles. The Morgan fingerprint density at radius 1 is 1.15 bits per heavy atom. The fourth-order valence-electron chi connectivity index (χ4n) is 2.76. The van der Waals surface area contributed by atoms with Gasteiger partial charge in [-0.1, -0.05) is 44.0 Å². The summed E-state index contributed by atoms with van der Waals surface area (Å²) in [6.45, 7) is 2.85. The number of carbonyl (C=O) groups excluding carboxylic acids is 1. The minimum Gasteiger partial charge on any atom is -0.550 e. The summed E-state index contributed by atoms with van der Waals surface area (Å²) in [5.74, 6) is -0.0914. The van der Waals surface area contributed by atoms with Gasteiger partial charge in [0, 0.05) is 18.0 Å². The van der Waals surface area contributed by atoms with Gasteiger partial charge < -0.3 is 19.1 Å². The highest BCUT2D eigenvalue weighted by Crippen LogP contribution is 2.25. The standard InChI is InChI=1S/C22H23NO4/c1-2-3-6-13-26-18-11-9-16(10-12-18)14-17(15-21(24)25)22-23-19-7-4-5-8-20(19)27-22/h4-5,7-12,14H,2-3,6,13,15H2,1H3,(H,24,25)/p-1/b17-14+. The smallest absolute Gasteiger partial charge is 0.223 e. The number of para-hydroxylation sites is 2. The van der Waals surface area contributed by atoms with Gasteiger partial charge in [0.15, 0.2) is 5.58 Å². The lowest BCUT2D eigenvalue weighted by Crippen LogP contribution is -2.22. The molecule has 0 atom stereocenters. The summed E-state index contributed by atoms with van der Waals surface area (Å²) in [7, 11) is 0. The number of nitrogens with zero attached hydrogens (tertiary/aromatic N) is 1. The molecule has 0 bridgehead atoms. The van der Waals surface area contributed by atoms with E-state index in [4.69, 9.17) is 9.15 Å². The van der Waals surface area contributed by atoms with Crippen molar-refractivity contribution in [3.05, 3.63) is 60.0 Å². The molecule has 5 heteroatoms. The molecule has 140 valence electrons. The van der Waals surface area contributed by atoms with E-state index in [0.717, 1.165) is 30.6 Å². The highest BCUT2D eigenvalue weighted by Gasteiger charge is 2.11. The Hall–Kier alpha value is -3.08. The van der Waals surface area contributed by atoms with Crippen molar-refractivity contribution >= 4 is 28.7 Å². The minimum atomic E-state index is -1.18. The third kappa shape index (κ3) is 5.20. The zero-order chi connectivity index (χ0) is 19.1. The Balaban J connectivity index is 1.80. The normalized spacial score (nSPS) is 11.7. The number of unbranched alkanes of at least 4 members (excludes halogenated alkanes) is 2. The van der Waals surface area contributed by atoms with Gasteiger partial charge in [-0.3, -0.25) is 0 Å². The van der Waals surface area contributed by atoms with Crippen molar-refractivity contribution in [1.29, 1.82) is 0 Å². The highest BCUT2D eigenvalue weighted by molar-refractivity contribution is 5.90. The van der Waals surface area contributed by atoms with Gasteiger partial charge in [-0.05, 0) is 42.3 Å². The number of rotatable bonds is 9. The van der Waals surface area contributed by atoms with Crippen LogP contribution in [0.2, 0.25) is 0 Å². The number of aliphatic carboxylic acids is 1. The summed E-state index contributed by atoms with van der Waals surface area (Å²) in [6, 6.07) is 14.8. The van der Waals surface area contributed by atoms with Gasteiger partial charge in [0.25, 0.3) is 0 Å². The lowest BCUT2D eigenvalue weighted by molar-refractivity contribution is -0.304. The second-order valence-corrected chi connectivity index (χ2v) is 6.33. The molecule has 1 aromatic heterocycles. The van der Waals surface area contributed by atoms with Crippen molar-refractivity contribution in [2.45, 2.75) is 32.6 Å². The molecular formula is C22H22NO4-. The van der Waals surface area contributed by atoms with Crippen molar-refractivity contribution in [1.82, 2.24) is 4.98 Å². The Kier molecular flexibility index (Phi) is 6.26. The molecule has 0 amide bonds. The maximum Gasteiger partial charge on any atom is 0.223 e. The first kappa shape index (κ1) is 18.7. The molecule has 3 rings (SSSR count). The Labute approximate surface area is 158 Å². The number of carbonyl (C=O) groups is 1. The Bertz CT molecular complexity index is 892. The van der Waals surface area contributed by atoms with Crippen LogP contribution in [-0.2, 0) is 4.79 Å². The van der Waals surface area contributed by atoms with Crippen LogP contribution in [0.5, 0.6) is 5.75 Å². The van der Waals surface area contributed by atoms with E-state index in [1.54, 1.807) is 12.1 Å². The van der Waals surface area contributed by atoms with Crippen LogP contribution in [0.4, 0.5) is 0 Å². The number of hydrogen-bond donors (Lipinski definition) is 0. The topological polar surface area (TPSA) is 75.4 Å². The van der Waals surface area contributed by atoms with E-state index in [2.05, 4.69) is 11.9 Å². The number of ether oxygens (including phenoxy) is 1. The summed E-state index contributed by atoms with van der Waals surface area (Å²) in [5, 5.41) is 11.2.